The number of carbonyl (C=O) groups excluding carboxylic acids is 1. The lowest BCUT2D eigenvalue weighted by molar-refractivity contribution is -0.120. The molecule has 5 nitrogen and oxygen atoms in total. The van der Waals surface area contributed by atoms with Crippen molar-refractivity contribution >= 4 is 5.91 Å². The van der Waals surface area contributed by atoms with E-state index in [-0.39, 0.29) is 11.9 Å². The van der Waals surface area contributed by atoms with Crippen molar-refractivity contribution in [2.75, 3.05) is 33.9 Å². The average molecular weight is 231 g/mol. The highest BCUT2D eigenvalue weighted by Gasteiger charge is 2.20. The van der Waals surface area contributed by atoms with Crippen LogP contribution in [0.3, 0.4) is 0 Å². The van der Waals surface area contributed by atoms with Crippen LogP contribution >= 0.6 is 0 Å². The van der Waals surface area contributed by atoms with Gasteiger partial charge in [0.1, 0.15) is 0 Å². The minimum atomic E-state index is -0.312. The van der Waals surface area contributed by atoms with Crippen LogP contribution in [0, 0.1) is 0 Å². The van der Waals surface area contributed by atoms with Gasteiger partial charge in [-0.25, -0.2) is 0 Å². The van der Waals surface area contributed by atoms with Crippen molar-refractivity contribution in [3.05, 3.63) is 0 Å². The molecule has 0 fully saturated rings. The minimum Gasteiger partial charge on any atom is -0.383 e. The van der Waals surface area contributed by atoms with E-state index < -0.39 is 0 Å². The van der Waals surface area contributed by atoms with E-state index in [1.54, 1.807) is 14.2 Å². The molecule has 0 aliphatic carbocycles. The molecule has 0 aromatic rings. The van der Waals surface area contributed by atoms with E-state index in [4.69, 9.17) is 10.5 Å². The molecule has 96 valence electrons. The summed E-state index contributed by atoms with van der Waals surface area (Å²) in [6.45, 7) is 6.38. The molecule has 1 amide bonds. The molecule has 2 atom stereocenters. The van der Waals surface area contributed by atoms with Crippen molar-refractivity contribution in [3.8, 4) is 0 Å². The van der Waals surface area contributed by atoms with Gasteiger partial charge in [0.05, 0.1) is 12.6 Å². The zero-order chi connectivity index (χ0) is 12.6. The number of rotatable bonds is 9. The second kappa shape index (κ2) is 8.50. The Morgan fingerprint density at radius 1 is 1.56 bits per heavy atom. The van der Waals surface area contributed by atoms with E-state index in [1.165, 1.54) is 0 Å². The Labute approximate surface area is 98.3 Å². The number of carbonyl (C=O) groups is 1. The van der Waals surface area contributed by atoms with E-state index in [1.807, 2.05) is 0 Å². The van der Waals surface area contributed by atoms with Crippen LogP contribution in [0.4, 0.5) is 0 Å². The molecule has 0 rings (SSSR count). The summed E-state index contributed by atoms with van der Waals surface area (Å²) in [4.78, 5) is 13.4. The number of amides is 1. The lowest BCUT2D eigenvalue weighted by Crippen LogP contribution is -2.50. The van der Waals surface area contributed by atoms with Crippen molar-refractivity contribution in [2.45, 2.75) is 32.4 Å². The molecule has 16 heavy (non-hydrogen) atoms. The molecule has 5 heteroatoms. The van der Waals surface area contributed by atoms with Gasteiger partial charge in [-0.1, -0.05) is 6.92 Å². The van der Waals surface area contributed by atoms with Crippen molar-refractivity contribution in [1.82, 2.24) is 10.2 Å². The van der Waals surface area contributed by atoms with Gasteiger partial charge in [0, 0.05) is 26.2 Å². The van der Waals surface area contributed by atoms with Crippen LogP contribution in [0.15, 0.2) is 0 Å². The van der Waals surface area contributed by atoms with E-state index in [2.05, 4.69) is 24.1 Å². The second-order valence-electron chi connectivity index (χ2n) is 3.99. The largest absolute Gasteiger partial charge is 0.383 e. The maximum absolute atomic E-state index is 11.2. The maximum atomic E-state index is 11.2. The van der Waals surface area contributed by atoms with Gasteiger partial charge in [-0.15, -0.1) is 0 Å². The average Bonchev–Trinajstić information content (AvgIpc) is 2.28. The van der Waals surface area contributed by atoms with Crippen LogP contribution in [0.1, 0.15) is 20.3 Å². The monoisotopic (exact) mass is 231 g/mol. The van der Waals surface area contributed by atoms with Crippen LogP contribution in [0.5, 0.6) is 0 Å². The molecule has 0 heterocycles. The van der Waals surface area contributed by atoms with Gasteiger partial charge in [-0.3, -0.25) is 9.69 Å². The number of ether oxygens (including phenoxy) is 1. The summed E-state index contributed by atoms with van der Waals surface area (Å²) in [6, 6.07) is 0.121. The second-order valence-corrected chi connectivity index (χ2v) is 3.99. The van der Waals surface area contributed by atoms with Crippen LogP contribution in [0.2, 0.25) is 0 Å². The molecule has 3 N–H and O–H groups in total. The number of nitrogens with one attached hydrogen (secondary N) is 1. The van der Waals surface area contributed by atoms with Crippen molar-refractivity contribution in [3.63, 3.8) is 0 Å². The summed E-state index contributed by atoms with van der Waals surface area (Å²) in [5.74, 6) is -0.312. The van der Waals surface area contributed by atoms with Gasteiger partial charge >= 0.3 is 0 Å². The third kappa shape index (κ3) is 5.44. The predicted molar refractivity (Wildman–Crippen MR) is 65.2 cm³/mol. The summed E-state index contributed by atoms with van der Waals surface area (Å²) >= 11 is 0. The molecule has 0 aliphatic heterocycles. The third-order valence-electron chi connectivity index (χ3n) is 2.91. The quantitative estimate of drug-likeness (QED) is 0.577. The Morgan fingerprint density at radius 2 is 2.19 bits per heavy atom. The summed E-state index contributed by atoms with van der Waals surface area (Å²) in [5, 5.41) is 2.93. The molecule has 0 radical (unpaired) electrons. The zero-order valence-electron chi connectivity index (χ0n) is 10.8. The topological polar surface area (TPSA) is 67.6 Å². The number of primary amides is 1. The van der Waals surface area contributed by atoms with Crippen molar-refractivity contribution in [1.29, 1.82) is 0 Å². The molecule has 0 aromatic heterocycles. The molecule has 0 aliphatic rings. The van der Waals surface area contributed by atoms with Crippen LogP contribution < -0.4 is 11.1 Å². The molecule has 0 saturated carbocycles. The predicted octanol–water partition coefficient (Wildman–Crippen LogP) is -0.193. The van der Waals surface area contributed by atoms with Crippen LogP contribution in [0.25, 0.3) is 0 Å². The molecular weight excluding hydrogens is 206 g/mol. The highest BCUT2D eigenvalue weighted by atomic mass is 16.5. The molecule has 2 unspecified atom stereocenters. The normalized spacial score (nSPS) is 15.1. The lowest BCUT2D eigenvalue weighted by Gasteiger charge is -2.30. The Balaban J connectivity index is 4.32. The first kappa shape index (κ1) is 15.3. The number of hydrogen-bond acceptors (Lipinski definition) is 4. The van der Waals surface area contributed by atoms with Gasteiger partial charge in [0.25, 0.3) is 0 Å². The van der Waals surface area contributed by atoms with Gasteiger partial charge < -0.3 is 15.8 Å². The molecule has 0 spiro atoms. The highest BCUT2D eigenvalue weighted by molar-refractivity contribution is 5.80. The van der Waals surface area contributed by atoms with E-state index in [9.17, 15) is 4.79 Å². The molecule has 0 bridgehead atoms. The first-order chi connectivity index (χ1) is 7.56. The Kier molecular flexibility index (Phi) is 8.15. The van der Waals surface area contributed by atoms with Gasteiger partial charge in [0.15, 0.2) is 0 Å². The molecular formula is C11H25N3O2. The molecule has 0 aromatic carbocycles. The lowest BCUT2D eigenvalue weighted by atomic mass is 10.1. The van der Waals surface area contributed by atoms with E-state index in [0.717, 1.165) is 13.0 Å². The number of hydrogen-bond donors (Lipinski definition) is 2. The summed E-state index contributed by atoms with van der Waals surface area (Å²) in [6.07, 6.45) is 1.04. The number of methoxy groups -OCH3 is 1. The fraction of sp³-hybridized carbons (Fsp3) is 0.909. The third-order valence-corrected chi connectivity index (χ3v) is 2.91. The number of nitrogens with zero attached hydrogens (tertiary/aromatic N) is 1. The van der Waals surface area contributed by atoms with Gasteiger partial charge in [0.2, 0.25) is 5.91 Å². The smallest absolute Gasteiger partial charge is 0.235 e. The van der Waals surface area contributed by atoms with Gasteiger partial charge in [-0.2, -0.15) is 0 Å². The van der Waals surface area contributed by atoms with E-state index >= 15 is 0 Å². The van der Waals surface area contributed by atoms with Crippen molar-refractivity contribution in [2.24, 2.45) is 5.73 Å². The fourth-order valence-corrected chi connectivity index (χ4v) is 1.52. The van der Waals surface area contributed by atoms with E-state index in [0.29, 0.717) is 19.2 Å². The fourth-order valence-electron chi connectivity index (χ4n) is 1.52. The van der Waals surface area contributed by atoms with Crippen molar-refractivity contribution < 1.29 is 9.53 Å². The highest BCUT2D eigenvalue weighted by Crippen LogP contribution is 2.04. The standard InChI is InChI=1S/C11H25N3O2/c1-5-9(2)14(6-7-16-4)8-10(13-3)11(12)15/h9-10,13H,5-8H2,1-4H3,(H2,12,15). The number of nitrogens with two attached hydrogens (primary N) is 1. The van der Waals surface area contributed by atoms with Crippen LogP contribution in [-0.2, 0) is 9.53 Å². The summed E-state index contributed by atoms with van der Waals surface area (Å²) in [7, 11) is 3.43. The SMILES string of the molecule is CCC(C)N(CCOC)CC(NC)C(N)=O. The minimum absolute atomic E-state index is 0.300. The Bertz CT molecular complexity index is 200. The number of likely N-dealkylation sites (N-methyl/N-ethyl adjacent to an activating group) is 1. The molecule has 0 saturated heterocycles. The maximum Gasteiger partial charge on any atom is 0.235 e. The Morgan fingerprint density at radius 3 is 2.56 bits per heavy atom. The summed E-state index contributed by atoms with van der Waals surface area (Å²) in [5.41, 5.74) is 5.31. The Hall–Kier alpha value is -0.650. The zero-order valence-corrected chi connectivity index (χ0v) is 10.8. The van der Waals surface area contributed by atoms with Gasteiger partial charge in [-0.05, 0) is 20.4 Å². The summed E-state index contributed by atoms with van der Waals surface area (Å²) < 4.78 is 5.06. The first-order valence-electron chi connectivity index (χ1n) is 5.76. The van der Waals surface area contributed by atoms with Crippen LogP contribution in [-0.4, -0.2) is 56.7 Å². The first-order valence-corrected chi connectivity index (χ1v) is 5.76.